The number of rotatable bonds is 24. The molecule has 0 aromatic heterocycles. The van der Waals surface area contributed by atoms with Crippen molar-refractivity contribution in [3.63, 3.8) is 0 Å². The summed E-state index contributed by atoms with van der Waals surface area (Å²) in [5.74, 6) is -2.38. The third kappa shape index (κ3) is 20.1. The molecule has 0 bridgehead atoms. The van der Waals surface area contributed by atoms with Crippen LogP contribution in [0.2, 0.25) is 0 Å². The van der Waals surface area contributed by atoms with E-state index < -0.39 is 29.9 Å². The van der Waals surface area contributed by atoms with Gasteiger partial charge < -0.3 is 26.8 Å². The molecule has 210 valence electrons. The van der Waals surface area contributed by atoms with E-state index in [1.807, 2.05) is 0 Å². The molecule has 0 fully saturated rings. The smallest absolute Gasteiger partial charge is 0.326 e. The number of nitrogens with two attached hydrogens (primary N) is 1. The van der Waals surface area contributed by atoms with Crippen LogP contribution in [0, 0.1) is 0 Å². The zero-order valence-electron chi connectivity index (χ0n) is 22.7. The van der Waals surface area contributed by atoms with Crippen LogP contribution in [0.4, 0.5) is 0 Å². The maximum absolute atomic E-state index is 12.2. The van der Waals surface area contributed by atoms with Crippen molar-refractivity contribution in [3.8, 4) is 0 Å². The van der Waals surface area contributed by atoms with Crippen molar-refractivity contribution in [1.29, 1.82) is 0 Å². The molecule has 0 aliphatic heterocycles. The third-order valence-electron chi connectivity index (χ3n) is 6.28. The molecule has 3 amide bonds. The Morgan fingerprint density at radius 1 is 0.722 bits per heavy atom. The monoisotopic (exact) mass is 512 g/mol. The van der Waals surface area contributed by atoms with Gasteiger partial charge in [0.05, 0.1) is 6.54 Å². The number of hydrogen-bond donors (Lipinski definition) is 5. The van der Waals surface area contributed by atoms with Crippen LogP contribution < -0.4 is 21.7 Å². The minimum atomic E-state index is -1.12. The highest BCUT2D eigenvalue weighted by Crippen LogP contribution is 2.13. The molecule has 0 aliphatic rings. The first-order chi connectivity index (χ1) is 17.3. The molecule has 0 unspecified atom stereocenters. The largest absolute Gasteiger partial charge is 0.480 e. The predicted octanol–water partition coefficient (Wildman–Crippen LogP) is 3.79. The molecule has 0 spiro atoms. The van der Waals surface area contributed by atoms with Crippen LogP contribution in [0.3, 0.4) is 0 Å². The number of carbonyl (C=O) groups is 4. The van der Waals surface area contributed by atoms with E-state index in [2.05, 4.69) is 22.9 Å². The van der Waals surface area contributed by atoms with Crippen molar-refractivity contribution in [3.05, 3.63) is 0 Å². The standard InChI is InChI=1S/C27H52N4O5/c1-3-4-5-6-7-8-9-10-11-12-13-14-15-19-24(32)30-22(2)26(34)29-21-25(33)31-23(27(35)36)18-16-17-20-28/h22-23H,3-21,28H2,1-2H3,(H,29,34)(H,30,32)(H,31,33)(H,35,36)/t22-,23-/m0/s1. The van der Waals surface area contributed by atoms with Gasteiger partial charge >= 0.3 is 5.97 Å². The number of carboxylic acid groups (broad SMARTS) is 1. The van der Waals surface area contributed by atoms with E-state index >= 15 is 0 Å². The first-order valence-electron chi connectivity index (χ1n) is 14.1. The topological polar surface area (TPSA) is 151 Å². The molecule has 0 rings (SSSR count). The number of nitrogens with one attached hydrogen (secondary N) is 3. The van der Waals surface area contributed by atoms with E-state index in [1.165, 1.54) is 64.2 Å². The van der Waals surface area contributed by atoms with Crippen molar-refractivity contribution in [2.24, 2.45) is 5.73 Å². The predicted molar refractivity (Wildman–Crippen MR) is 143 cm³/mol. The van der Waals surface area contributed by atoms with Gasteiger partial charge in [-0.2, -0.15) is 0 Å². The van der Waals surface area contributed by atoms with Gasteiger partial charge in [-0.25, -0.2) is 4.79 Å². The third-order valence-corrected chi connectivity index (χ3v) is 6.28. The normalized spacial score (nSPS) is 12.5. The van der Waals surface area contributed by atoms with Gasteiger partial charge in [0, 0.05) is 6.42 Å². The van der Waals surface area contributed by atoms with Crippen LogP contribution in [-0.2, 0) is 19.2 Å². The molecule has 9 heteroatoms. The number of unbranched alkanes of at least 4 members (excludes halogenated alkanes) is 13. The summed E-state index contributed by atoms with van der Waals surface area (Å²) in [6.07, 6.45) is 18.0. The Morgan fingerprint density at radius 3 is 1.75 bits per heavy atom. The lowest BCUT2D eigenvalue weighted by molar-refractivity contribution is -0.142. The van der Waals surface area contributed by atoms with Crippen LogP contribution in [0.25, 0.3) is 0 Å². The lowest BCUT2D eigenvalue weighted by atomic mass is 10.0. The van der Waals surface area contributed by atoms with Gasteiger partial charge in [0.1, 0.15) is 12.1 Å². The summed E-state index contributed by atoms with van der Waals surface area (Å²) in [4.78, 5) is 47.5. The van der Waals surface area contributed by atoms with E-state index in [4.69, 9.17) is 5.73 Å². The Labute approximate surface area is 218 Å². The maximum Gasteiger partial charge on any atom is 0.326 e. The number of hydrogen-bond acceptors (Lipinski definition) is 5. The first-order valence-corrected chi connectivity index (χ1v) is 14.1. The second-order valence-electron chi connectivity index (χ2n) is 9.74. The van der Waals surface area contributed by atoms with E-state index in [0.29, 0.717) is 25.8 Å². The second-order valence-corrected chi connectivity index (χ2v) is 9.74. The molecule has 0 aromatic carbocycles. The van der Waals surface area contributed by atoms with Crippen LogP contribution in [0.15, 0.2) is 0 Å². The number of carboxylic acids is 1. The molecule has 36 heavy (non-hydrogen) atoms. The van der Waals surface area contributed by atoms with Gasteiger partial charge in [0.2, 0.25) is 17.7 Å². The highest BCUT2D eigenvalue weighted by atomic mass is 16.4. The second kappa shape index (κ2) is 23.3. The summed E-state index contributed by atoms with van der Waals surface area (Å²) < 4.78 is 0. The molecule has 0 saturated heterocycles. The average Bonchev–Trinajstić information content (AvgIpc) is 2.84. The Morgan fingerprint density at radius 2 is 1.25 bits per heavy atom. The minimum Gasteiger partial charge on any atom is -0.480 e. The van der Waals surface area contributed by atoms with Gasteiger partial charge in [0.25, 0.3) is 0 Å². The fraction of sp³-hybridized carbons (Fsp3) is 0.852. The zero-order valence-corrected chi connectivity index (χ0v) is 22.7. The Kier molecular flexibility index (Phi) is 21.9. The van der Waals surface area contributed by atoms with Gasteiger partial charge in [-0.1, -0.05) is 84.0 Å². The summed E-state index contributed by atoms with van der Waals surface area (Å²) in [5, 5.41) is 16.7. The fourth-order valence-electron chi connectivity index (χ4n) is 4.00. The summed E-state index contributed by atoms with van der Waals surface area (Å²) in [6, 6.07) is -1.79. The van der Waals surface area contributed by atoms with Crippen molar-refractivity contribution >= 4 is 23.7 Å². The van der Waals surface area contributed by atoms with Crippen molar-refractivity contribution < 1.29 is 24.3 Å². The van der Waals surface area contributed by atoms with Crippen LogP contribution in [-0.4, -0.2) is 54.0 Å². The molecular formula is C27H52N4O5. The summed E-state index contributed by atoms with van der Waals surface area (Å²) >= 11 is 0. The van der Waals surface area contributed by atoms with E-state index in [-0.39, 0.29) is 18.9 Å². The van der Waals surface area contributed by atoms with Crippen LogP contribution in [0.1, 0.15) is 123 Å². The Balaban J connectivity index is 3.83. The first kappa shape index (κ1) is 33.8. The summed E-state index contributed by atoms with van der Waals surface area (Å²) in [5.41, 5.74) is 5.40. The molecule has 0 saturated carbocycles. The Bertz CT molecular complexity index is 615. The molecule has 0 heterocycles. The molecule has 9 nitrogen and oxygen atoms in total. The van der Waals surface area contributed by atoms with Gasteiger partial charge in [0.15, 0.2) is 0 Å². The Hall–Kier alpha value is -2.16. The molecule has 0 aromatic rings. The number of amides is 3. The van der Waals surface area contributed by atoms with Gasteiger partial charge in [-0.3, -0.25) is 14.4 Å². The molecule has 2 atom stereocenters. The SMILES string of the molecule is CCCCCCCCCCCCCCCC(=O)N[C@@H](C)C(=O)NCC(=O)N[C@@H](CCCCN)C(=O)O. The van der Waals surface area contributed by atoms with Crippen molar-refractivity contribution in [2.45, 2.75) is 135 Å². The molecule has 6 N–H and O–H groups in total. The average molecular weight is 513 g/mol. The number of aliphatic carboxylic acids is 1. The highest BCUT2D eigenvalue weighted by molar-refractivity contribution is 5.91. The van der Waals surface area contributed by atoms with Crippen molar-refractivity contribution in [1.82, 2.24) is 16.0 Å². The van der Waals surface area contributed by atoms with Crippen molar-refractivity contribution in [2.75, 3.05) is 13.1 Å². The summed E-state index contributed by atoms with van der Waals surface area (Å²) in [7, 11) is 0. The van der Waals surface area contributed by atoms with Gasteiger partial charge in [-0.05, 0) is 39.2 Å². The highest BCUT2D eigenvalue weighted by Gasteiger charge is 2.21. The molecule has 0 radical (unpaired) electrons. The zero-order chi connectivity index (χ0) is 27.0. The quantitative estimate of drug-likeness (QED) is 0.124. The summed E-state index contributed by atoms with van der Waals surface area (Å²) in [6.45, 7) is 3.91. The van der Waals surface area contributed by atoms with Crippen LogP contribution >= 0.6 is 0 Å². The fourth-order valence-corrected chi connectivity index (χ4v) is 4.00. The van der Waals surface area contributed by atoms with E-state index in [9.17, 15) is 24.3 Å². The number of carbonyl (C=O) groups excluding carboxylic acids is 3. The van der Waals surface area contributed by atoms with E-state index in [1.54, 1.807) is 6.92 Å². The van der Waals surface area contributed by atoms with E-state index in [0.717, 1.165) is 19.3 Å². The van der Waals surface area contributed by atoms with Crippen LogP contribution in [0.5, 0.6) is 0 Å². The maximum atomic E-state index is 12.2. The van der Waals surface area contributed by atoms with Gasteiger partial charge in [-0.15, -0.1) is 0 Å². The molecule has 0 aliphatic carbocycles. The lowest BCUT2D eigenvalue weighted by Crippen LogP contribution is -2.49. The minimum absolute atomic E-state index is 0.184. The molecular weight excluding hydrogens is 460 g/mol. The lowest BCUT2D eigenvalue weighted by Gasteiger charge is -2.16.